The van der Waals surface area contributed by atoms with Gasteiger partial charge < -0.3 is 14.6 Å². The number of anilines is 1. The number of pyridine rings is 2. The highest BCUT2D eigenvalue weighted by molar-refractivity contribution is 6.01. The van der Waals surface area contributed by atoms with Crippen molar-refractivity contribution < 1.29 is 5.11 Å². The number of imidazole rings is 1. The van der Waals surface area contributed by atoms with Crippen LogP contribution in [0.15, 0.2) is 85.6 Å². The smallest absolute Gasteiger partial charge is 0.157 e. The lowest BCUT2D eigenvalue weighted by molar-refractivity contribution is 0.117. The van der Waals surface area contributed by atoms with Crippen LogP contribution in [0, 0.1) is 0 Å². The van der Waals surface area contributed by atoms with Crippen LogP contribution >= 0.6 is 0 Å². The van der Waals surface area contributed by atoms with Crippen molar-refractivity contribution in [1.82, 2.24) is 19.5 Å². The van der Waals surface area contributed by atoms with Crippen LogP contribution in [0.5, 0.6) is 0 Å². The van der Waals surface area contributed by atoms with Crippen LogP contribution in [0.2, 0.25) is 0 Å². The number of aromatic nitrogens is 4. The van der Waals surface area contributed by atoms with Gasteiger partial charge in [0.05, 0.1) is 35.1 Å². The van der Waals surface area contributed by atoms with Crippen LogP contribution in [0.1, 0.15) is 29.4 Å². The van der Waals surface area contributed by atoms with Crippen LogP contribution in [0.3, 0.4) is 0 Å². The monoisotopic (exact) mass is 463 g/mol. The standard InChI is InChI=1S/C29H29N5O/c1-5-24-27(20-9-7-6-8-10-20)28(33(2)3)23-17-22(11-12-25(23)32-24)29(35,21-13-15-30-16-14-21)26-18-31-19-34(26)4/h6-19,35H,5H2,1-4H3. The molecular weight excluding hydrogens is 434 g/mol. The van der Waals surface area contributed by atoms with Crippen LogP contribution in [-0.2, 0) is 19.1 Å². The molecular formula is C29H29N5O. The first-order valence-corrected chi connectivity index (χ1v) is 11.7. The predicted octanol–water partition coefficient (Wildman–Crippen LogP) is 4.94. The number of rotatable bonds is 6. The van der Waals surface area contributed by atoms with Crippen molar-refractivity contribution in [2.24, 2.45) is 7.05 Å². The summed E-state index contributed by atoms with van der Waals surface area (Å²) in [5, 5.41) is 13.3. The van der Waals surface area contributed by atoms with Crippen LogP contribution < -0.4 is 4.90 Å². The summed E-state index contributed by atoms with van der Waals surface area (Å²) in [6.07, 6.45) is 7.64. The average molecular weight is 464 g/mol. The van der Waals surface area contributed by atoms with Crippen molar-refractivity contribution in [2.75, 3.05) is 19.0 Å². The third kappa shape index (κ3) is 3.76. The van der Waals surface area contributed by atoms with Gasteiger partial charge in [0.15, 0.2) is 5.60 Å². The van der Waals surface area contributed by atoms with Gasteiger partial charge in [0.2, 0.25) is 0 Å². The lowest BCUT2D eigenvalue weighted by Gasteiger charge is -2.30. The van der Waals surface area contributed by atoms with E-state index in [0.29, 0.717) is 5.69 Å². The number of aliphatic hydroxyl groups is 1. The topological polar surface area (TPSA) is 67.1 Å². The molecule has 3 aromatic heterocycles. The summed E-state index contributed by atoms with van der Waals surface area (Å²) in [6, 6.07) is 20.1. The van der Waals surface area contributed by atoms with E-state index in [4.69, 9.17) is 4.98 Å². The molecule has 0 fully saturated rings. The van der Waals surface area contributed by atoms with Crippen molar-refractivity contribution in [3.8, 4) is 11.1 Å². The number of benzene rings is 2. The largest absolute Gasteiger partial charge is 0.377 e. The molecule has 1 atom stereocenters. The average Bonchev–Trinajstić information content (AvgIpc) is 3.33. The molecule has 5 rings (SSSR count). The van der Waals surface area contributed by atoms with E-state index in [1.165, 1.54) is 0 Å². The highest BCUT2D eigenvalue weighted by Gasteiger charge is 2.37. The van der Waals surface area contributed by atoms with E-state index in [1.807, 2.05) is 41.9 Å². The maximum atomic E-state index is 12.3. The SMILES string of the molecule is CCc1nc2ccc(C(O)(c3ccncc3)c3cncn3C)cc2c(N(C)C)c1-c1ccccc1. The first-order chi connectivity index (χ1) is 16.9. The van der Waals surface area contributed by atoms with E-state index < -0.39 is 5.60 Å². The Kier molecular flexibility index (Phi) is 5.83. The van der Waals surface area contributed by atoms with E-state index in [0.717, 1.165) is 51.0 Å². The van der Waals surface area contributed by atoms with Gasteiger partial charge in [-0.05, 0) is 47.4 Å². The molecule has 176 valence electrons. The minimum absolute atomic E-state index is 0.677. The normalized spacial score (nSPS) is 13.1. The molecule has 0 bridgehead atoms. The van der Waals surface area contributed by atoms with Gasteiger partial charge in [0.1, 0.15) is 0 Å². The Bertz CT molecular complexity index is 1480. The summed E-state index contributed by atoms with van der Waals surface area (Å²) in [4.78, 5) is 15.6. The van der Waals surface area contributed by atoms with E-state index in [2.05, 4.69) is 66.2 Å². The van der Waals surface area contributed by atoms with Gasteiger partial charge in [0.25, 0.3) is 0 Å². The molecule has 6 nitrogen and oxygen atoms in total. The Morgan fingerprint density at radius 1 is 0.943 bits per heavy atom. The van der Waals surface area contributed by atoms with Crippen molar-refractivity contribution >= 4 is 16.6 Å². The molecule has 6 heteroatoms. The summed E-state index contributed by atoms with van der Waals surface area (Å²) < 4.78 is 1.85. The number of hydrogen-bond donors (Lipinski definition) is 1. The van der Waals surface area contributed by atoms with Gasteiger partial charge in [-0.1, -0.05) is 43.3 Å². The zero-order chi connectivity index (χ0) is 24.6. The zero-order valence-electron chi connectivity index (χ0n) is 20.5. The zero-order valence-corrected chi connectivity index (χ0v) is 20.5. The number of hydrogen-bond acceptors (Lipinski definition) is 5. The van der Waals surface area contributed by atoms with Gasteiger partial charge in [-0.15, -0.1) is 0 Å². The third-order valence-corrected chi connectivity index (χ3v) is 6.58. The fourth-order valence-corrected chi connectivity index (χ4v) is 4.91. The van der Waals surface area contributed by atoms with Crippen molar-refractivity contribution in [1.29, 1.82) is 0 Å². The fourth-order valence-electron chi connectivity index (χ4n) is 4.91. The molecule has 3 heterocycles. The molecule has 0 aliphatic rings. The Balaban J connectivity index is 1.85. The molecule has 1 N–H and O–H groups in total. The molecule has 0 aliphatic heterocycles. The lowest BCUT2D eigenvalue weighted by Crippen LogP contribution is -2.31. The van der Waals surface area contributed by atoms with Crippen molar-refractivity contribution in [2.45, 2.75) is 18.9 Å². The number of aryl methyl sites for hydroxylation is 2. The molecule has 0 saturated carbocycles. The summed E-state index contributed by atoms with van der Waals surface area (Å²) in [5.74, 6) is 0. The molecule has 35 heavy (non-hydrogen) atoms. The third-order valence-electron chi connectivity index (χ3n) is 6.58. The molecule has 0 aliphatic carbocycles. The summed E-state index contributed by atoms with van der Waals surface area (Å²) in [6.45, 7) is 2.14. The van der Waals surface area contributed by atoms with Crippen LogP contribution in [0.25, 0.3) is 22.0 Å². The highest BCUT2D eigenvalue weighted by Crippen LogP contribution is 2.42. The van der Waals surface area contributed by atoms with E-state index in [9.17, 15) is 5.11 Å². The van der Waals surface area contributed by atoms with E-state index in [-0.39, 0.29) is 0 Å². The molecule has 5 aromatic rings. The van der Waals surface area contributed by atoms with Gasteiger partial charge in [-0.25, -0.2) is 4.98 Å². The van der Waals surface area contributed by atoms with Gasteiger partial charge in [-0.2, -0.15) is 0 Å². The summed E-state index contributed by atoms with van der Waals surface area (Å²) in [7, 11) is 6.01. The predicted molar refractivity (Wildman–Crippen MR) is 140 cm³/mol. The lowest BCUT2D eigenvalue weighted by atomic mass is 9.83. The van der Waals surface area contributed by atoms with Crippen LogP contribution in [-0.4, -0.2) is 38.7 Å². The summed E-state index contributed by atoms with van der Waals surface area (Å²) >= 11 is 0. The van der Waals surface area contributed by atoms with E-state index in [1.54, 1.807) is 24.9 Å². The quantitative estimate of drug-likeness (QED) is 0.386. The fraction of sp³-hybridized carbons (Fsp3) is 0.207. The van der Waals surface area contributed by atoms with Gasteiger partial charge in [0, 0.05) is 44.5 Å². The van der Waals surface area contributed by atoms with Gasteiger partial charge >= 0.3 is 0 Å². The summed E-state index contributed by atoms with van der Waals surface area (Å²) in [5.41, 5.74) is 6.02. The highest BCUT2D eigenvalue weighted by atomic mass is 16.3. The Labute approximate surface area is 205 Å². The molecule has 1 unspecified atom stereocenters. The maximum absolute atomic E-state index is 12.3. The van der Waals surface area contributed by atoms with Crippen LogP contribution in [0.4, 0.5) is 5.69 Å². The first-order valence-electron chi connectivity index (χ1n) is 11.7. The Hall–Kier alpha value is -4.03. The Morgan fingerprint density at radius 3 is 2.31 bits per heavy atom. The second-order valence-corrected chi connectivity index (χ2v) is 8.96. The second kappa shape index (κ2) is 8.96. The van der Waals surface area contributed by atoms with Gasteiger partial charge in [-0.3, -0.25) is 9.97 Å². The number of nitrogens with zero attached hydrogens (tertiary/aromatic N) is 5. The molecule has 0 radical (unpaired) electrons. The van der Waals surface area contributed by atoms with Crippen molar-refractivity contribution in [3.63, 3.8) is 0 Å². The maximum Gasteiger partial charge on any atom is 0.157 e. The Morgan fingerprint density at radius 2 is 1.69 bits per heavy atom. The van der Waals surface area contributed by atoms with Crippen molar-refractivity contribution in [3.05, 3.63) is 108 Å². The molecule has 0 amide bonds. The second-order valence-electron chi connectivity index (χ2n) is 8.96. The van der Waals surface area contributed by atoms with E-state index >= 15 is 0 Å². The molecule has 0 saturated heterocycles. The number of fused-ring (bicyclic) bond motifs is 1. The first kappa shape index (κ1) is 22.7. The molecule has 2 aromatic carbocycles. The minimum Gasteiger partial charge on any atom is -0.377 e. The minimum atomic E-state index is -1.41. The molecule has 0 spiro atoms.